The molecule has 2 unspecified atom stereocenters. The zero-order chi connectivity index (χ0) is 10.4. The molecule has 82 valence electrons. The van der Waals surface area contributed by atoms with E-state index < -0.39 is 0 Å². The smallest absolute Gasteiger partial charge is 0.272 e. The molecule has 1 aliphatic heterocycles. The summed E-state index contributed by atoms with van der Waals surface area (Å²) in [5.74, 6) is -0.203. The molecular formula is C9H17NO4. The molecule has 0 aromatic heterocycles. The molecule has 0 radical (unpaired) electrons. The fourth-order valence-corrected chi connectivity index (χ4v) is 1.31. The first-order valence-electron chi connectivity index (χ1n) is 4.80. The quantitative estimate of drug-likeness (QED) is 0.514. The highest BCUT2D eigenvalue weighted by Gasteiger charge is 2.28. The van der Waals surface area contributed by atoms with Crippen LogP contribution in [0.15, 0.2) is 0 Å². The second kappa shape index (κ2) is 5.95. The number of rotatable bonds is 5. The number of methoxy groups -OCH3 is 1. The third-order valence-corrected chi connectivity index (χ3v) is 2.09. The summed E-state index contributed by atoms with van der Waals surface area (Å²) < 4.78 is 10.1. The topological polar surface area (TPSA) is 56.8 Å². The van der Waals surface area contributed by atoms with Crippen molar-refractivity contribution in [3.05, 3.63) is 0 Å². The summed E-state index contributed by atoms with van der Waals surface area (Å²) >= 11 is 0. The van der Waals surface area contributed by atoms with E-state index in [-0.39, 0.29) is 18.1 Å². The highest BCUT2D eigenvalue weighted by Crippen LogP contribution is 2.18. The van der Waals surface area contributed by atoms with Crippen LogP contribution < -0.4 is 5.48 Å². The predicted octanol–water partition coefficient (Wildman–Crippen LogP) is 0.248. The van der Waals surface area contributed by atoms with E-state index in [1.165, 1.54) is 0 Å². The van der Waals surface area contributed by atoms with Gasteiger partial charge in [0.15, 0.2) is 0 Å². The SMILES string of the molecule is COCCONC(=O)C1CCC(C)O1. The summed E-state index contributed by atoms with van der Waals surface area (Å²) in [6, 6.07) is 0. The van der Waals surface area contributed by atoms with E-state index in [9.17, 15) is 4.79 Å². The third kappa shape index (κ3) is 3.61. The highest BCUT2D eigenvalue weighted by molar-refractivity contribution is 5.79. The van der Waals surface area contributed by atoms with Gasteiger partial charge in [0, 0.05) is 7.11 Å². The lowest BCUT2D eigenvalue weighted by atomic mass is 10.2. The number of carbonyl (C=O) groups excluding carboxylic acids is 1. The zero-order valence-corrected chi connectivity index (χ0v) is 8.62. The molecule has 1 N–H and O–H groups in total. The minimum Gasteiger partial charge on any atom is -0.382 e. The summed E-state index contributed by atoms with van der Waals surface area (Å²) in [5, 5.41) is 0. The van der Waals surface area contributed by atoms with Gasteiger partial charge in [0.1, 0.15) is 6.10 Å². The first kappa shape index (κ1) is 11.4. The Morgan fingerprint density at radius 1 is 1.50 bits per heavy atom. The van der Waals surface area contributed by atoms with E-state index in [1.54, 1.807) is 7.11 Å². The van der Waals surface area contributed by atoms with Crippen LogP contribution in [-0.4, -0.2) is 38.4 Å². The van der Waals surface area contributed by atoms with Gasteiger partial charge >= 0.3 is 0 Å². The molecule has 1 heterocycles. The van der Waals surface area contributed by atoms with Gasteiger partial charge in [-0.1, -0.05) is 0 Å². The molecule has 14 heavy (non-hydrogen) atoms. The molecule has 1 rings (SSSR count). The van der Waals surface area contributed by atoms with Crippen LogP contribution in [0, 0.1) is 0 Å². The Morgan fingerprint density at radius 3 is 2.86 bits per heavy atom. The Hall–Kier alpha value is -0.650. The van der Waals surface area contributed by atoms with E-state index in [0.29, 0.717) is 13.2 Å². The third-order valence-electron chi connectivity index (χ3n) is 2.09. The van der Waals surface area contributed by atoms with Crippen LogP contribution in [0.3, 0.4) is 0 Å². The number of hydroxylamine groups is 1. The van der Waals surface area contributed by atoms with Crippen LogP contribution in [0.25, 0.3) is 0 Å². The van der Waals surface area contributed by atoms with Crippen molar-refractivity contribution >= 4 is 5.91 Å². The van der Waals surface area contributed by atoms with Gasteiger partial charge in [-0.2, -0.15) is 0 Å². The molecule has 5 heteroatoms. The van der Waals surface area contributed by atoms with Crippen molar-refractivity contribution < 1.29 is 19.1 Å². The molecule has 0 saturated carbocycles. The summed E-state index contributed by atoms with van der Waals surface area (Å²) in [6.45, 7) is 2.77. The predicted molar refractivity (Wildman–Crippen MR) is 49.5 cm³/mol. The highest BCUT2D eigenvalue weighted by atomic mass is 16.7. The Kier molecular flexibility index (Phi) is 4.86. The summed E-state index contributed by atoms with van der Waals surface area (Å²) in [5.41, 5.74) is 2.34. The maximum Gasteiger partial charge on any atom is 0.272 e. The van der Waals surface area contributed by atoms with E-state index in [4.69, 9.17) is 14.3 Å². The van der Waals surface area contributed by atoms with Crippen LogP contribution in [-0.2, 0) is 19.1 Å². The summed E-state index contributed by atoms with van der Waals surface area (Å²) in [6.07, 6.45) is 1.51. The van der Waals surface area contributed by atoms with Crippen molar-refractivity contribution in [1.82, 2.24) is 5.48 Å². The van der Waals surface area contributed by atoms with Gasteiger partial charge in [0.25, 0.3) is 5.91 Å². The average molecular weight is 203 g/mol. The van der Waals surface area contributed by atoms with Gasteiger partial charge in [-0.25, -0.2) is 5.48 Å². The zero-order valence-electron chi connectivity index (χ0n) is 8.62. The molecule has 0 bridgehead atoms. The lowest BCUT2D eigenvalue weighted by Crippen LogP contribution is -2.35. The van der Waals surface area contributed by atoms with Crippen molar-refractivity contribution in [3.8, 4) is 0 Å². The maximum atomic E-state index is 11.4. The molecule has 1 amide bonds. The standard InChI is InChI=1S/C9H17NO4/c1-7-3-4-8(14-7)9(11)10-13-6-5-12-2/h7-8H,3-6H2,1-2H3,(H,10,11). The summed E-state index contributed by atoms with van der Waals surface area (Å²) in [7, 11) is 1.58. The molecule has 0 aromatic rings. The number of hydrogen-bond acceptors (Lipinski definition) is 4. The molecular weight excluding hydrogens is 186 g/mol. The molecule has 0 aromatic carbocycles. The van der Waals surface area contributed by atoms with Gasteiger partial charge in [-0.3, -0.25) is 9.63 Å². The van der Waals surface area contributed by atoms with E-state index in [0.717, 1.165) is 12.8 Å². The molecule has 1 fully saturated rings. The van der Waals surface area contributed by atoms with E-state index in [1.807, 2.05) is 6.92 Å². The van der Waals surface area contributed by atoms with Gasteiger partial charge in [0.2, 0.25) is 0 Å². The lowest BCUT2D eigenvalue weighted by Gasteiger charge is -2.11. The average Bonchev–Trinajstić information content (AvgIpc) is 2.59. The minimum atomic E-state index is -0.354. The monoisotopic (exact) mass is 203 g/mol. The van der Waals surface area contributed by atoms with Crippen molar-refractivity contribution in [3.63, 3.8) is 0 Å². The fraction of sp³-hybridized carbons (Fsp3) is 0.889. The van der Waals surface area contributed by atoms with Gasteiger partial charge in [-0.05, 0) is 19.8 Å². The van der Waals surface area contributed by atoms with Crippen LogP contribution >= 0.6 is 0 Å². The second-order valence-electron chi connectivity index (χ2n) is 3.32. The number of ether oxygens (including phenoxy) is 2. The minimum absolute atomic E-state index is 0.171. The molecule has 5 nitrogen and oxygen atoms in total. The van der Waals surface area contributed by atoms with Crippen LogP contribution in [0.2, 0.25) is 0 Å². The van der Waals surface area contributed by atoms with Crippen molar-refractivity contribution in [2.75, 3.05) is 20.3 Å². The van der Waals surface area contributed by atoms with Crippen molar-refractivity contribution in [2.24, 2.45) is 0 Å². The van der Waals surface area contributed by atoms with E-state index in [2.05, 4.69) is 5.48 Å². The van der Waals surface area contributed by atoms with Crippen LogP contribution in [0.5, 0.6) is 0 Å². The van der Waals surface area contributed by atoms with Gasteiger partial charge < -0.3 is 9.47 Å². The number of amides is 1. The first-order chi connectivity index (χ1) is 6.74. The van der Waals surface area contributed by atoms with Crippen molar-refractivity contribution in [1.29, 1.82) is 0 Å². The Balaban J connectivity index is 2.09. The Morgan fingerprint density at radius 2 is 2.29 bits per heavy atom. The molecule has 1 aliphatic rings. The van der Waals surface area contributed by atoms with Gasteiger partial charge in [-0.15, -0.1) is 0 Å². The molecule has 0 spiro atoms. The molecule has 0 aliphatic carbocycles. The second-order valence-corrected chi connectivity index (χ2v) is 3.32. The lowest BCUT2D eigenvalue weighted by molar-refractivity contribution is -0.145. The van der Waals surface area contributed by atoms with Gasteiger partial charge in [0.05, 0.1) is 19.3 Å². The molecule has 2 atom stereocenters. The van der Waals surface area contributed by atoms with Crippen LogP contribution in [0.4, 0.5) is 0 Å². The Bertz CT molecular complexity index is 186. The normalized spacial score (nSPS) is 26.4. The molecule has 1 saturated heterocycles. The Labute approximate surface area is 83.7 Å². The first-order valence-corrected chi connectivity index (χ1v) is 4.80. The number of nitrogens with one attached hydrogen (secondary N) is 1. The fourth-order valence-electron chi connectivity index (χ4n) is 1.31. The summed E-state index contributed by atoms with van der Waals surface area (Å²) in [4.78, 5) is 16.2. The van der Waals surface area contributed by atoms with Crippen LogP contribution in [0.1, 0.15) is 19.8 Å². The largest absolute Gasteiger partial charge is 0.382 e. The maximum absolute atomic E-state index is 11.4. The number of hydrogen-bond donors (Lipinski definition) is 1. The number of carbonyl (C=O) groups is 1. The van der Waals surface area contributed by atoms with Crippen molar-refractivity contribution in [2.45, 2.75) is 32.0 Å². The van der Waals surface area contributed by atoms with E-state index >= 15 is 0 Å².